The van der Waals surface area contributed by atoms with Gasteiger partial charge < -0.3 is 15.5 Å². The first kappa shape index (κ1) is 15.5. The molecule has 1 aromatic carbocycles. The van der Waals surface area contributed by atoms with Crippen molar-refractivity contribution in [2.24, 2.45) is 0 Å². The fraction of sp³-hybridized carbons (Fsp3) is 0.385. The first-order valence-corrected chi connectivity index (χ1v) is 6.29. The Balaban J connectivity index is 2.84. The lowest BCUT2D eigenvalue weighted by Crippen LogP contribution is -2.22. The molecule has 0 aromatic heterocycles. The molecule has 0 bridgehead atoms. The van der Waals surface area contributed by atoms with Gasteiger partial charge in [-0.3, -0.25) is 9.59 Å². The number of nitrogens with one attached hydrogen (secondary N) is 2. The molecule has 0 aliphatic rings. The van der Waals surface area contributed by atoms with Gasteiger partial charge in [-0.05, 0) is 25.2 Å². The molecule has 6 heteroatoms. The molecule has 104 valence electrons. The molecule has 0 saturated heterocycles. The quantitative estimate of drug-likeness (QED) is 0.863. The summed E-state index contributed by atoms with van der Waals surface area (Å²) >= 11 is 5.99. The molecule has 0 saturated carbocycles. The van der Waals surface area contributed by atoms with E-state index in [0.717, 1.165) is 0 Å². The van der Waals surface area contributed by atoms with Gasteiger partial charge in [0, 0.05) is 32.7 Å². The van der Waals surface area contributed by atoms with Crippen LogP contribution >= 0.6 is 11.6 Å². The van der Waals surface area contributed by atoms with Crippen molar-refractivity contribution < 1.29 is 9.59 Å². The standard InChI is InChI=1S/C13H18ClN3O2/c1-15-7-6-12(18)16-9-4-5-11(14)10(8-9)13(19)17(2)3/h4-5,8,15H,6-7H2,1-3H3,(H,16,18). The molecule has 0 fully saturated rings. The number of hydrogen-bond donors (Lipinski definition) is 2. The van der Waals surface area contributed by atoms with E-state index in [0.29, 0.717) is 29.2 Å². The van der Waals surface area contributed by atoms with E-state index in [-0.39, 0.29) is 11.8 Å². The van der Waals surface area contributed by atoms with Crippen molar-refractivity contribution in [3.63, 3.8) is 0 Å². The second kappa shape index (κ2) is 7.11. The fourth-order valence-electron chi connectivity index (χ4n) is 1.47. The topological polar surface area (TPSA) is 61.4 Å². The van der Waals surface area contributed by atoms with E-state index in [9.17, 15) is 9.59 Å². The van der Waals surface area contributed by atoms with Crippen LogP contribution < -0.4 is 10.6 Å². The number of benzene rings is 1. The Labute approximate surface area is 117 Å². The summed E-state index contributed by atoms with van der Waals surface area (Å²) < 4.78 is 0. The summed E-state index contributed by atoms with van der Waals surface area (Å²) in [6.45, 7) is 0.600. The summed E-state index contributed by atoms with van der Waals surface area (Å²) in [5.74, 6) is -0.309. The van der Waals surface area contributed by atoms with E-state index in [4.69, 9.17) is 11.6 Å². The molecule has 5 nitrogen and oxygen atoms in total. The van der Waals surface area contributed by atoms with Gasteiger partial charge in [-0.1, -0.05) is 11.6 Å². The third-order valence-electron chi connectivity index (χ3n) is 2.49. The molecule has 2 N–H and O–H groups in total. The lowest BCUT2D eigenvalue weighted by Gasteiger charge is -2.13. The second-order valence-corrected chi connectivity index (χ2v) is 4.70. The van der Waals surface area contributed by atoms with E-state index in [1.165, 1.54) is 4.90 Å². The van der Waals surface area contributed by atoms with Crippen LogP contribution in [0, 0.1) is 0 Å². The Kier molecular flexibility index (Phi) is 5.79. The van der Waals surface area contributed by atoms with Crippen LogP contribution in [0.3, 0.4) is 0 Å². The monoisotopic (exact) mass is 283 g/mol. The largest absolute Gasteiger partial charge is 0.345 e. The van der Waals surface area contributed by atoms with Gasteiger partial charge in [0.25, 0.3) is 5.91 Å². The molecule has 0 unspecified atom stereocenters. The molecule has 0 aliphatic heterocycles. The summed E-state index contributed by atoms with van der Waals surface area (Å²) in [5.41, 5.74) is 0.939. The lowest BCUT2D eigenvalue weighted by molar-refractivity contribution is -0.116. The third-order valence-corrected chi connectivity index (χ3v) is 2.82. The lowest BCUT2D eigenvalue weighted by atomic mass is 10.1. The Morgan fingerprint density at radius 2 is 2.00 bits per heavy atom. The number of carbonyl (C=O) groups is 2. The Bertz CT molecular complexity index is 475. The molecule has 0 radical (unpaired) electrons. The highest BCUT2D eigenvalue weighted by Crippen LogP contribution is 2.21. The number of anilines is 1. The zero-order valence-corrected chi connectivity index (χ0v) is 12.0. The Morgan fingerprint density at radius 3 is 2.58 bits per heavy atom. The highest BCUT2D eigenvalue weighted by atomic mass is 35.5. The minimum Gasteiger partial charge on any atom is -0.345 e. The maximum absolute atomic E-state index is 11.9. The molecular weight excluding hydrogens is 266 g/mol. The van der Waals surface area contributed by atoms with Crippen LogP contribution in [0.2, 0.25) is 5.02 Å². The molecule has 1 rings (SSSR count). The van der Waals surface area contributed by atoms with Crippen molar-refractivity contribution in [2.75, 3.05) is 33.0 Å². The molecular formula is C13H18ClN3O2. The van der Waals surface area contributed by atoms with Crippen molar-refractivity contribution in [1.29, 1.82) is 0 Å². The van der Waals surface area contributed by atoms with Gasteiger partial charge in [0.2, 0.25) is 5.91 Å². The van der Waals surface area contributed by atoms with Gasteiger partial charge >= 0.3 is 0 Å². The maximum atomic E-state index is 11.9. The second-order valence-electron chi connectivity index (χ2n) is 4.30. The highest BCUT2D eigenvalue weighted by Gasteiger charge is 2.13. The van der Waals surface area contributed by atoms with Crippen LogP contribution in [0.25, 0.3) is 0 Å². The van der Waals surface area contributed by atoms with Gasteiger partial charge in [0.1, 0.15) is 0 Å². The van der Waals surface area contributed by atoms with Gasteiger partial charge in [-0.15, -0.1) is 0 Å². The molecule has 2 amide bonds. The smallest absolute Gasteiger partial charge is 0.254 e. The predicted octanol–water partition coefficient (Wildman–Crippen LogP) is 1.59. The number of rotatable bonds is 5. The summed E-state index contributed by atoms with van der Waals surface area (Å²) in [4.78, 5) is 24.9. The van der Waals surface area contributed by atoms with Gasteiger partial charge in [0.15, 0.2) is 0 Å². The van der Waals surface area contributed by atoms with Crippen molar-refractivity contribution in [1.82, 2.24) is 10.2 Å². The zero-order chi connectivity index (χ0) is 14.4. The van der Waals surface area contributed by atoms with E-state index in [1.54, 1.807) is 39.3 Å². The van der Waals surface area contributed by atoms with Gasteiger partial charge in [-0.2, -0.15) is 0 Å². The minimum atomic E-state index is -0.198. The van der Waals surface area contributed by atoms with Crippen molar-refractivity contribution in [2.45, 2.75) is 6.42 Å². The number of halogens is 1. The van der Waals surface area contributed by atoms with Gasteiger partial charge in [0.05, 0.1) is 10.6 Å². The van der Waals surface area contributed by atoms with Crippen LogP contribution in [-0.4, -0.2) is 44.4 Å². The van der Waals surface area contributed by atoms with Crippen LogP contribution in [0.15, 0.2) is 18.2 Å². The number of hydrogen-bond acceptors (Lipinski definition) is 3. The molecule has 1 aromatic rings. The summed E-state index contributed by atoms with van der Waals surface area (Å²) in [5, 5.41) is 5.99. The normalized spacial score (nSPS) is 10.1. The van der Waals surface area contributed by atoms with E-state index in [2.05, 4.69) is 10.6 Å². The molecule has 0 spiro atoms. The first-order chi connectivity index (χ1) is 8.95. The van der Waals surface area contributed by atoms with Crippen LogP contribution in [0.1, 0.15) is 16.8 Å². The summed E-state index contributed by atoms with van der Waals surface area (Å²) in [6, 6.07) is 4.86. The van der Waals surface area contributed by atoms with Crippen molar-refractivity contribution in [3.05, 3.63) is 28.8 Å². The van der Waals surface area contributed by atoms with E-state index < -0.39 is 0 Å². The Hall–Kier alpha value is -1.59. The van der Waals surface area contributed by atoms with E-state index >= 15 is 0 Å². The Morgan fingerprint density at radius 1 is 1.32 bits per heavy atom. The summed E-state index contributed by atoms with van der Waals surface area (Å²) in [7, 11) is 5.08. The zero-order valence-electron chi connectivity index (χ0n) is 11.3. The SMILES string of the molecule is CNCCC(=O)Nc1ccc(Cl)c(C(=O)N(C)C)c1. The van der Waals surface area contributed by atoms with Crippen molar-refractivity contribution >= 4 is 29.1 Å². The fourth-order valence-corrected chi connectivity index (χ4v) is 1.67. The average Bonchev–Trinajstić information content (AvgIpc) is 2.37. The molecule has 0 heterocycles. The average molecular weight is 284 g/mol. The predicted molar refractivity (Wildman–Crippen MR) is 76.6 cm³/mol. The number of amides is 2. The third kappa shape index (κ3) is 4.54. The molecule has 0 aliphatic carbocycles. The van der Waals surface area contributed by atoms with Crippen LogP contribution in [-0.2, 0) is 4.79 Å². The molecule has 19 heavy (non-hydrogen) atoms. The highest BCUT2D eigenvalue weighted by molar-refractivity contribution is 6.34. The summed E-state index contributed by atoms with van der Waals surface area (Å²) in [6.07, 6.45) is 0.371. The van der Waals surface area contributed by atoms with Gasteiger partial charge in [-0.25, -0.2) is 0 Å². The number of carbonyl (C=O) groups excluding carboxylic acids is 2. The van der Waals surface area contributed by atoms with E-state index in [1.807, 2.05) is 0 Å². The minimum absolute atomic E-state index is 0.111. The molecule has 0 atom stereocenters. The maximum Gasteiger partial charge on any atom is 0.254 e. The number of nitrogens with zero attached hydrogens (tertiary/aromatic N) is 1. The van der Waals surface area contributed by atoms with Crippen molar-refractivity contribution in [3.8, 4) is 0 Å². The van der Waals surface area contributed by atoms with Crippen LogP contribution in [0.5, 0.6) is 0 Å². The van der Waals surface area contributed by atoms with Crippen LogP contribution in [0.4, 0.5) is 5.69 Å². The first-order valence-electron chi connectivity index (χ1n) is 5.91.